The van der Waals surface area contributed by atoms with E-state index in [-0.39, 0.29) is 23.7 Å². The van der Waals surface area contributed by atoms with E-state index < -0.39 is 35.1 Å². The second kappa shape index (κ2) is 10.0. The Morgan fingerprint density at radius 2 is 1.76 bits per heavy atom. The van der Waals surface area contributed by atoms with Crippen molar-refractivity contribution < 1.29 is 27.5 Å². The van der Waals surface area contributed by atoms with E-state index in [0.717, 1.165) is 29.9 Å². The molecule has 1 aliphatic rings. The molecular weight excluding hydrogens is 448 g/mol. The van der Waals surface area contributed by atoms with Crippen molar-refractivity contribution in [2.45, 2.75) is 44.9 Å². The maximum absolute atomic E-state index is 15.4. The van der Waals surface area contributed by atoms with Gasteiger partial charge in [-0.25, -0.2) is 22.4 Å². The van der Waals surface area contributed by atoms with Crippen LogP contribution in [0.1, 0.15) is 49.9 Å². The molecule has 2 aromatic carbocycles. The highest BCUT2D eigenvalue weighted by Crippen LogP contribution is 2.43. The highest BCUT2D eigenvalue weighted by atomic mass is 19.1. The number of nitrogens with one attached hydrogen (secondary N) is 1. The van der Waals surface area contributed by atoms with Gasteiger partial charge >= 0.3 is 5.97 Å². The van der Waals surface area contributed by atoms with Gasteiger partial charge in [-0.1, -0.05) is 12.1 Å². The Morgan fingerprint density at radius 1 is 1.18 bits per heavy atom. The number of carboxylic acid groups (broad SMARTS) is 1. The van der Waals surface area contributed by atoms with Gasteiger partial charge in [0, 0.05) is 37.0 Å². The number of carbonyl (C=O) groups is 1. The molecule has 2 N–H and O–H groups in total. The van der Waals surface area contributed by atoms with E-state index in [0.29, 0.717) is 17.7 Å². The number of aliphatic carboxylic acids is 1. The maximum Gasteiger partial charge on any atom is 0.328 e. The molecule has 2 aromatic rings. The molecule has 0 spiro atoms. The lowest BCUT2D eigenvalue weighted by Crippen LogP contribution is -2.49. The Labute approximate surface area is 196 Å². The topological polar surface area (TPSA) is 52.6 Å². The van der Waals surface area contributed by atoms with Crippen molar-refractivity contribution in [2.75, 3.05) is 13.6 Å². The van der Waals surface area contributed by atoms with E-state index in [9.17, 15) is 13.6 Å². The number of benzene rings is 2. The third-order valence-electron chi connectivity index (χ3n) is 5.81. The Balaban J connectivity index is 2.23. The van der Waals surface area contributed by atoms with Gasteiger partial charge in [0.1, 0.15) is 23.1 Å². The molecule has 0 radical (unpaired) electrons. The molecule has 2 unspecified atom stereocenters. The zero-order valence-corrected chi connectivity index (χ0v) is 19.5. The molecule has 0 saturated carbocycles. The summed E-state index contributed by atoms with van der Waals surface area (Å²) in [4.78, 5) is 12.5. The molecule has 1 aliphatic heterocycles. The van der Waals surface area contributed by atoms with Gasteiger partial charge in [-0.05, 0) is 74.2 Å². The highest BCUT2D eigenvalue weighted by molar-refractivity contribution is 5.85. The maximum atomic E-state index is 15.4. The Bertz CT molecular complexity index is 1100. The van der Waals surface area contributed by atoms with E-state index in [1.54, 1.807) is 24.1 Å². The third kappa shape index (κ3) is 5.67. The number of alkyl halides is 1. The summed E-state index contributed by atoms with van der Waals surface area (Å²) < 4.78 is 59.1. The van der Waals surface area contributed by atoms with Crippen molar-refractivity contribution >= 4 is 17.6 Å². The van der Waals surface area contributed by atoms with Crippen LogP contribution in [0.25, 0.3) is 11.6 Å². The second-order valence-electron chi connectivity index (χ2n) is 9.07. The third-order valence-corrected chi connectivity index (χ3v) is 5.81. The predicted octanol–water partition coefficient (Wildman–Crippen LogP) is 5.72. The first-order valence-corrected chi connectivity index (χ1v) is 10.9. The Morgan fingerprint density at radius 3 is 2.26 bits per heavy atom. The van der Waals surface area contributed by atoms with Crippen LogP contribution >= 0.6 is 0 Å². The van der Waals surface area contributed by atoms with Crippen molar-refractivity contribution in [3.63, 3.8) is 0 Å². The van der Waals surface area contributed by atoms with Crippen LogP contribution in [0, 0.1) is 17.5 Å². The lowest BCUT2D eigenvalue weighted by atomic mass is 9.84. The SMILES string of the molecule is CNC1=C(c2ccc(F)cc2)CC(C)N(CC(C)(C)F)C1c1c(F)cc(/C=C/C(=O)O)cc1F. The van der Waals surface area contributed by atoms with Gasteiger partial charge in [-0.2, -0.15) is 0 Å². The molecule has 34 heavy (non-hydrogen) atoms. The summed E-state index contributed by atoms with van der Waals surface area (Å²) in [6.07, 6.45) is 2.35. The van der Waals surface area contributed by atoms with Crippen LogP contribution in [0.2, 0.25) is 0 Å². The molecule has 0 bridgehead atoms. The van der Waals surface area contributed by atoms with Crippen LogP contribution < -0.4 is 5.32 Å². The summed E-state index contributed by atoms with van der Waals surface area (Å²) in [6.45, 7) is 4.58. The quantitative estimate of drug-likeness (QED) is 0.397. The summed E-state index contributed by atoms with van der Waals surface area (Å²) in [5.41, 5.74) is 0.0738. The largest absolute Gasteiger partial charge is 0.478 e. The van der Waals surface area contributed by atoms with Gasteiger partial charge < -0.3 is 10.4 Å². The monoisotopic (exact) mass is 476 g/mol. The summed E-state index contributed by atoms with van der Waals surface area (Å²) in [5, 5.41) is 11.9. The minimum Gasteiger partial charge on any atom is -0.478 e. The standard InChI is InChI=1S/C26H28F4N2O2/c1-15-11-19(17-6-8-18(27)9-7-17)24(31-4)25(32(15)14-26(2,3)30)23-20(28)12-16(13-21(23)29)5-10-22(33)34/h5-10,12-13,15,25,31H,11,14H2,1-4H3,(H,33,34)/b10-5+. The van der Waals surface area contributed by atoms with Crippen molar-refractivity contribution in [3.05, 3.63) is 82.3 Å². The summed E-state index contributed by atoms with van der Waals surface area (Å²) >= 11 is 0. The number of halogens is 4. The van der Waals surface area contributed by atoms with Gasteiger partial charge in [0.15, 0.2) is 0 Å². The van der Waals surface area contributed by atoms with Crippen LogP contribution in [0.15, 0.2) is 48.2 Å². The van der Waals surface area contributed by atoms with Crippen molar-refractivity contribution in [2.24, 2.45) is 0 Å². The van der Waals surface area contributed by atoms with Crippen molar-refractivity contribution in [1.82, 2.24) is 10.2 Å². The molecule has 2 atom stereocenters. The fraction of sp³-hybridized carbons (Fsp3) is 0.346. The van der Waals surface area contributed by atoms with Crippen LogP contribution in [0.5, 0.6) is 0 Å². The highest BCUT2D eigenvalue weighted by Gasteiger charge is 2.40. The zero-order valence-electron chi connectivity index (χ0n) is 19.5. The van der Waals surface area contributed by atoms with E-state index in [1.165, 1.54) is 26.0 Å². The van der Waals surface area contributed by atoms with Gasteiger partial charge in [0.2, 0.25) is 0 Å². The minimum atomic E-state index is -1.64. The molecule has 3 rings (SSSR count). The van der Waals surface area contributed by atoms with Crippen molar-refractivity contribution in [3.8, 4) is 0 Å². The second-order valence-corrected chi connectivity index (χ2v) is 9.07. The lowest BCUT2D eigenvalue weighted by Gasteiger charge is -2.45. The Kier molecular flexibility index (Phi) is 7.51. The van der Waals surface area contributed by atoms with Crippen LogP contribution in [0.3, 0.4) is 0 Å². The average molecular weight is 477 g/mol. The molecule has 8 heteroatoms. The molecule has 1 heterocycles. The average Bonchev–Trinajstić information content (AvgIpc) is 2.73. The van der Waals surface area contributed by atoms with Gasteiger partial charge in [-0.15, -0.1) is 0 Å². The number of likely N-dealkylation sites (N-methyl/N-ethyl adjacent to an activating group) is 1. The first-order chi connectivity index (χ1) is 15.9. The Hall–Kier alpha value is -3.13. The van der Waals surface area contributed by atoms with E-state index in [1.807, 2.05) is 6.92 Å². The molecule has 0 saturated heterocycles. The van der Waals surface area contributed by atoms with Crippen molar-refractivity contribution in [1.29, 1.82) is 0 Å². The van der Waals surface area contributed by atoms with Gasteiger partial charge in [-0.3, -0.25) is 4.90 Å². The smallest absolute Gasteiger partial charge is 0.328 e. The molecule has 0 amide bonds. The summed E-state index contributed by atoms with van der Waals surface area (Å²) in [6, 6.07) is 6.68. The zero-order chi connectivity index (χ0) is 25.2. The first-order valence-electron chi connectivity index (χ1n) is 10.9. The van der Waals surface area contributed by atoms with Crippen LogP contribution in [0.4, 0.5) is 17.6 Å². The predicted molar refractivity (Wildman–Crippen MR) is 124 cm³/mol. The van der Waals surface area contributed by atoms with E-state index in [4.69, 9.17) is 5.11 Å². The number of rotatable bonds is 7. The number of hydrogen-bond donors (Lipinski definition) is 2. The minimum absolute atomic E-state index is 0.0520. The molecule has 0 fully saturated rings. The lowest BCUT2D eigenvalue weighted by molar-refractivity contribution is -0.131. The molecular formula is C26H28F4N2O2. The van der Waals surface area contributed by atoms with E-state index >= 15 is 8.78 Å². The number of carboxylic acids is 1. The molecule has 0 aliphatic carbocycles. The fourth-order valence-electron chi connectivity index (χ4n) is 4.44. The molecule has 0 aromatic heterocycles. The number of hydrogen-bond acceptors (Lipinski definition) is 3. The van der Waals surface area contributed by atoms with E-state index in [2.05, 4.69) is 5.32 Å². The van der Waals surface area contributed by atoms with Gasteiger partial charge in [0.25, 0.3) is 0 Å². The van der Waals surface area contributed by atoms with Gasteiger partial charge in [0.05, 0.1) is 6.04 Å². The fourth-order valence-corrected chi connectivity index (χ4v) is 4.44. The summed E-state index contributed by atoms with van der Waals surface area (Å²) in [7, 11) is 1.63. The first kappa shape index (κ1) is 25.5. The normalized spacial score (nSPS) is 19.6. The molecule has 4 nitrogen and oxygen atoms in total. The number of nitrogens with zero attached hydrogens (tertiary/aromatic N) is 1. The summed E-state index contributed by atoms with van der Waals surface area (Å²) in [5.74, 6) is -3.40. The van der Waals surface area contributed by atoms with Crippen LogP contribution in [-0.4, -0.2) is 41.3 Å². The van der Waals surface area contributed by atoms with Crippen LogP contribution in [-0.2, 0) is 4.79 Å². The molecule has 182 valence electrons.